The molecule has 0 saturated carbocycles. The van der Waals surface area contributed by atoms with Crippen LogP contribution in [0.2, 0.25) is 0 Å². The Bertz CT molecular complexity index is 1160. The van der Waals surface area contributed by atoms with Crippen molar-refractivity contribution in [1.29, 1.82) is 0 Å². The van der Waals surface area contributed by atoms with Crippen molar-refractivity contribution in [3.63, 3.8) is 0 Å². The number of hydrogen-bond donors (Lipinski definition) is 1. The Morgan fingerprint density at radius 3 is 2.47 bits per heavy atom. The van der Waals surface area contributed by atoms with Crippen molar-refractivity contribution in [1.82, 2.24) is 14.5 Å². The Hall–Kier alpha value is -3.18. The van der Waals surface area contributed by atoms with Gasteiger partial charge >= 0.3 is 6.03 Å². The van der Waals surface area contributed by atoms with Crippen LogP contribution in [-0.2, 0) is 10.0 Å². The number of para-hydroxylation sites is 1. The quantitative estimate of drug-likeness (QED) is 0.345. The highest BCUT2D eigenvalue weighted by Crippen LogP contribution is 2.27. The van der Waals surface area contributed by atoms with E-state index in [0.29, 0.717) is 19.6 Å². The number of hydrogen-bond acceptors (Lipinski definition) is 6. The molecule has 1 N–H and O–H groups in total. The van der Waals surface area contributed by atoms with Crippen molar-refractivity contribution < 1.29 is 22.9 Å². The maximum Gasteiger partial charge on any atom is 0.317 e. The smallest absolute Gasteiger partial charge is 0.317 e. The van der Waals surface area contributed by atoms with E-state index in [0.717, 1.165) is 16.9 Å². The molecular weight excluding hydrogens is 460 g/mol. The van der Waals surface area contributed by atoms with Crippen LogP contribution < -0.4 is 10.1 Å². The number of benzene rings is 2. The standard InChI is InChI=1S/C23H30N4O6S/c1-17-15-18(2)19(3)21(16-17)33-14-6-9-24-23(28)25-10-12-26(13-11-25)34(31,32)22-8-5-4-7-20(22)27(29)30/h4-5,7-8,15-16H,6,9-14H2,1-3H3,(H,24,28). The summed E-state index contributed by atoms with van der Waals surface area (Å²) in [5, 5.41) is 14.1. The van der Waals surface area contributed by atoms with Crippen LogP contribution in [0, 0.1) is 30.9 Å². The van der Waals surface area contributed by atoms with Crippen molar-refractivity contribution in [2.45, 2.75) is 32.1 Å². The zero-order valence-corrected chi connectivity index (χ0v) is 20.4. The van der Waals surface area contributed by atoms with E-state index in [4.69, 9.17) is 4.74 Å². The summed E-state index contributed by atoms with van der Waals surface area (Å²) in [5.74, 6) is 0.847. The molecule has 0 atom stereocenters. The van der Waals surface area contributed by atoms with Gasteiger partial charge in [0.15, 0.2) is 4.90 Å². The minimum atomic E-state index is -4.03. The summed E-state index contributed by atoms with van der Waals surface area (Å²) in [4.78, 5) is 24.2. The van der Waals surface area contributed by atoms with Crippen molar-refractivity contribution in [3.05, 3.63) is 63.2 Å². The largest absolute Gasteiger partial charge is 0.493 e. The molecule has 0 aliphatic carbocycles. The molecule has 0 aromatic heterocycles. The van der Waals surface area contributed by atoms with Gasteiger partial charge in [-0.1, -0.05) is 18.2 Å². The molecular formula is C23H30N4O6S. The van der Waals surface area contributed by atoms with Crippen molar-refractivity contribution in [2.24, 2.45) is 0 Å². The molecule has 1 aliphatic rings. The molecule has 2 aromatic carbocycles. The van der Waals surface area contributed by atoms with E-state index in [1.165, 1.54) is 34.1 Å². The molecule has 184 valence electrons. The van der Waals surface area contributed by atoms with Gasteiger partial charge < -0.3 is 15.0 Å². The number of urea groups is 1. The fourth-order valence-corrected chi connectivity index (χ4v) is 5.39. The van der Waals surface area contributed by atoms with Gasteiger partial charge in [0.05, 0.1) is 11.5 Å². The maximum atomic E-state index is 12.9. The van der Waals surface area contributed by atoms with E-state index >= 15 is 0 Å². The number of piperazine rings is 1. The summed E-state index contributed by atoms with van der Waals surface area (Å²) < 4.78 is 32.8. The average Bonchev–Trinajstić information content (AvgIpc) is 2.81. The lowest BCUT2D eigenvalue weighted by Crippen LogP contribution is -2.53. The highest BCUT2D eigenvalue weighted by molar-refractivity contribution is 7.89. The van der Waals surface area contributed by atoms with Gasteiger partial charge in [0.1, 0.15) is 5.75 Å². The van der Waals surface area contributed by atoms with Gasteiger partial charge in [-0.3, -0.25) is 10.1 Å². The number of amides is 2. The Labute approximate surface area is 199 Å². The number of aryl methyl sites for hydroxylation is 2. The van der Waals surface area contributed by atoms with Crippen LogP contribution in [0.1, 0.15) is 23.1 Å². The van der Waals surface area contributed by atoms with Crippen LogP contribution in [0.4, 0.5) is 10.5 Å². The van der Waals surface area contributed by atoms with Crippen LogP contribution >= 0.6 is 0 Å². The predicted molar refractivity (Wildman–Crippen MR) is 128 cm³/mol. The summed E-state index contributed by atoms with van der Waals surface area (Å²) in [7, 11) is -4.03. The average molecular weight is 491 g/mol. The first-order chi connectivity index (χ1) is 16.1. The third-order valence-corrected chi connectivity index (χ3v) is 7.77. The molecule has 1 fully saturated rings. The third kappa shape index (κ3) is 5.84. The summed E-state index contributed by atoms with van der Waals surface area (Å²) in [5.41, 5.74) is 2.95. The molecule has 1 aliphatic heterocycles. The van der Waals surface area contributed by atoms with Crippen molar-refractivity contribution in [2.75, 3.05) is 39.3 Å². The summed E-state index contributed by atoms with van der Waals surface area (Å²) in [6.07, 6.45) is 0.629. The van der Waals surface area contributed by atoms with Crippen LogP contribution in [0.5, 0.6) is 5.75 Å². The summed E-state index contributed by atoms with van der Waals surface area (Å²) in [6.45, 7) is 7.50. The van der Waals surface area contributed by atoms with E-state index in [1.54, 1.807) is 4.90 Å². The molecule has 34 heavy (non-hydrogen) atoms. The van der Waals surface area contributed by atoms with E-state index in [2.05, 4.69) is 11.4 Å². The summed E-state index contributed by atoms with van der Waals surface area (Å²) in [6, 6.07) is 9.11. The number of nitrogens with one attached hydrogen (secondary N) is 1. The van der Waals surface area contributed by atoms with Gasteiger partial charge in [0, 0.05) is 38.8 Å². The first kappa shape index (κ1) is 25.4. The molecule has 2 amide bonds. The number of nitro groups is 1. The Kier molecular flexibility index (Phi) is 8.11. The second-order valence-corrected chi connectivity index (χ2v) is 10.2. The Morgan fingerprint density at radius 2 is 1.79 bits per heavy atom. The zero-order valence-electron chi connectivity index (χ0n) is 19.6. The van der Waals surface area contributed by atoms with E-state index < -0.39 is 20.6 Å². The minimum Gasteiger partial charge on any atom is -0.493 e. The molecule has 0 spiro atoms. The predicted octanol–water partition coefficient (Wildman–Crippen LogP) is 3.01. The van der Waals surface area contributed by atoms with Gasteiger partial charge in [-0.15, -0.1) is 0 Å². The van der Waals surface area contributed by atoms with Crippen molar-refractivity contribution >= 4 is 21.7 Å². The first-order valence-electron chi connectivity index (χ1n) is 11.1. The molecule has 10 nitrogen and oxygen atoms in total. The van der Waals surface area contributed by atoms with Gasteiger partial charge in [0.2, 0.25) is 10.0 Å². The zero-order chi connectivity index (χ0) is 24.9. The lowest BCUT2D eigenvalue weighted by Gasteiger charge is -2.33. The second-order valence-electron chi connectivity index (χ2n) is 8.25. The van der Waals surface area contributed by atoms with E-state index in [1.807, 2.05) is 26.8 Å². The van der Waals surface area contributed by atoms with E-state index in [9.17, 15) is 23.3 Å². The van der Waals surface area contributed by atoms with Crippen molar-refractivity contribution in [3.8, 4) is 5.75 Å². The second kappa shape index (κ2) is 10.8. The maximum absolute atomic E-state index is 12.9. The van der Waals surface area contributed by atoms with Gasteiger partial charge in [0.25, 0.3) is 5.69 Å². The number of nitrogens with zero attached hydrogens (tertiary/aromatic N) is 3. The first-order valence-corrected chi connectivity index (χ1v) is 12.5. The highest BCUT2D eigenvalue weighted by atomic mass is 32.2. The lowest BCUT2D eigenvalue weighted by atomic mass is 10.1. The monoisotopic (exact) mass is 490 g/mol. The minimum absolute atomic E-state index is 0.0664. The fraction of sp³-hybridized carbons (Fsp3) is 0.435. The number of rotatable bonds is 8. The molecule has 0 radical (unpaired) electrons. The topological polar surface area (TPSA) is 122 Å². The van der Waals surface area contributed by atoms with E-state index in [-0.39, 0.29) is 37.1 Å². The van der Waals surface area contributed by atoms with Crippen LogP contribution in [0.3, 0.4) is 0 Å². The summed E-state index contributed by atoms with van der Waals surface area (Å²) >= 11 is 0. The molecule has 1 heterocycles. The third-order valence-electron chi connectivity index (χ3n) is 5.82. The Morgan fingerprint density at radius 1 is 1.12 bits per heavy atom. The number of carbonyl (C=O) groups is 1. The SMILES string of the molecule is Cc1cc(C)c(C)c(OCCCNC(=O)N2CCN(S(=O)(=O)c3ccccc3[N+](=O)[O-])CC2)c1. The lowest BCUT2D eigenvalue weighted by molar-refractivity contribution is -0.387. The van der Waals surface area contributed by atoms with Gasteiger partial charge in [-0.25, -0.2) is 13.2 Å². The molecule has 11 heteroatoms. The molecule has 0 bridgehead atoms. The number of ether oxygens (including phenoxy) is 1. The Balaban J connectivity index is 1.46. The molecule has 1 saturated heterocycles. The van der Waals surface area contributed by atoms with Crippen LogP contribution in [0.25, 0.3) is 0 Å². The van der Waals surface area contributed by atoms with Crippen LogP contribution in [0.15, 0.2) is 41.3 Å². The van der Waals surface area contributed by atoms with Crippen LogP contribution in [-0.4, -0.2) is 67.9 Å². The van der Waals surface area contributed by atoms with Gasteiger partial charge in [-0.05, 0) is 56.0 Å². The molecule has 2 aromatic rings. The molecule has 0 unspecified atom stereocenters. The highest BCUT2D eigenvalue weighted by Gasteiger charge is 2.34. The number of carbonyl (C=O) groups excluding carboxylic acids is 1. The normalized spacial score (nSPS) is 14.6. The number of sulfonamides is 1. The fourth-order valence-electron chi connectivity index (χ4n) is 3.81. The number of nitro benzene ring substituents is 1. The van der Waals surface area contributed by atoms with Gasteiger partial charge in [-0.2, -0.15) is 4.31 Å². The molecule has 3 rings (SSSR count).